The van der Waals surface area contributed by atoms with Crippen molar-refractivity contribution in [2.24, 2.45) is 0 Å². The summed E-state index contributed by atoms with van der Waals surface area (Å²) in [6.07, 6.45) is 1.07. The number of carbonyl (C=O) groups is 1. The first-order chi connectivity index (χ1) is 11.5. The van der Waals surface area contributed by atoms with Crippen LogP contribution in [0.1, 0.15) is 19.8 Å². The number of nitrogens with zero attached hydrogens (tertiary/aromatic N) is 1. The highest BCUT2D eigenvalue weighted by atomic mass is 32.2. The van der Waals surface area contributed by atoms with E-state index < -0.39 is 16.1 Å². The van der Waals surface area contributed by atoms with Crippen molar-refractivity contribution in [1.82, 2.24) is 5.32 Å². The van der Waals surface area contributed by atoms with Crippen molar-refractivity contribution >= 4 is 21.6 Å². The topological polar surface area (TPSA) is 84.9 Å². The number of anilines is 1. The van der Waals surface area contributed by atoms with E-state index in [2.05, 4.69) is 5.32 Å². The normalized spacial score (nSPS) is 23.5. The summed E-state index contributed by atoms with van der Waals surface area (Å²) < 4.78 is 37.2. The van der Waals surface area contributed by atoms with Gasteiger partial charge in [0, 0.05) is 13.2 Å². The highest BCUT2D eigenvalue weighted by molar-refractivity contribution is 7.92. The van der Waals surface area contributed by atoms with Crippen molar-refractivity contribution < 1.29 is 22.7 Å². The Balaban J connectivity index is 1.75. The van der Waals surface area contributed by atoms with E-state index in [0.717, 1.165) is 19.4 Å². The number of para-hydroxylation sites is 2. The van der Waals surface area contributed by atoms with E-state index in [1.807, 2.05) is 0 Å². The summed E-state index contributed by atoms with van der Waals surface area (Å²) in [5.74, 6) is 0.0420. The molecule has 3 rings (SSSR count). The highest BCUT2D eigenvalue weighted by Gasteiger charge is 2.36. The molecule has 1 saturated heterocycles. The zero-order valence-electron chi connectivity index (χ0n) is 13.6. The standard InChI is InChI=1S/C16H22N2O5S/c1-2-24(20,21)18-11-15(23-14-8-4-3-7-13(14)18)16(19)17-10-12-6-5-9-22-12/h3-4,7-8,12,15H,2,5-6,9-11H2,1H3,(H,17,19)/t12-,15+/m0/s1. The third kappa shape index (κ3) is 3.49. The maximum absolute atomic E-state index is 12.4. The van der Waals surface area contributed by atoms with Gasteiger partial charge in [0.25, 0.3) is 5.91 Å². The van der Waals surface area contributed by atoms with E-state index in [9.17, 15) is 13.2 Å². The summed E-state index contributed by atoms with van der Waals surface area (Å²) in [5.41, 5.74) is 0.475. The molecule has 7 nitrogen and oxygen atoms in total. The van der Waals surface area contributed by atoms with E-state index >= 15 is 0 Å². The number of rotatable bonds is 5. The third-order valence-corrected chi connectivity index (χ3v) is 6.00. The fraction of sp³-hybridized carbons (Fsp3) is 0.562. The monoisotopic (exact) mass is 354 g/mol. The molecule has 1 N–H and O–H groups in total. The number of carbonyl (C=O) groups excluding carboxylic acids is 1. The van der Waals surface area contributed by atoms with Crippen molar-refractivity contribution in [2.45, 2.75) is 32.0 Å². The molecule has 1 amide bonds. The molecule has 0 radical (unpaired) electrons. The predicted octanol–water partition coefficient (Wildman–Crippen LogP) is 0.899. The average molecular weight is 354 g/mol. The first-order valence-electron chi connectivity index (χ1n) is 8.16. The second-order valence-corrected chi connectivity index (χ2v) is 8.07. The number of nitrogens with one attached hydrogen (secondary N) is 1. The minimum absolute atomic E-state index is 0.0233. The Morgan fingerprint density at radius 3 is 2.88 bits per heavy atom. The molecular formula is C16H22N2O5S. The number of amides is 1. The Hall–Kier alpha value is -1.80. The van der Waals surface area contributed by atoms with E-state index in [-0.39, 0.29) is 24.3 Å². The molecule has 0 aromatic heterocycles. The molecule has 132 valence electrons. The molecule has 1 aromatic carbocycles. The Labute approximate surface area is 142 Å². The smallest absolute Gasteiger partial charge is 0.263 e. The Kier molecular flexibility index (Phi) is 4.96. The van der Waals surface area contributed by atoms with E-state index in [0.29, 0.717) is 18.0 Å². The first-order valence-corrected chi connectivity index (χ1v) is 9.77. The van der Waals surface area contributed by atoms with Crippen LogP contribution in [0.3, 0.4) is 0 Å². The number of benzene rings is 1. The fourth-order valence-electron chi connectivity index (χ4n) is 2.89. The van der Waals surface area contributed by atoms with Crippen LogP contribution in [0.4, 0.5) is 5.69 Å². The average Bonchev–Trinajstić information content (AvgIpc) is 3.12. The molecule has 2 aliphatic rings. The van der Waals surface area contributed by atoms with Gasteiger partial charge in [-0.25, -0.2) is 8.42 Å². The number of fused-ring (bicyclic) bond motifs is 1. The summed E-state index contributed by atoms with van der Waals surface area (Å²) >= 11 is 0. The van der Waals surface area contributed by atoms with Crippen LogP contribution in [0.2, 0.25) is 0 Å². The Morgan fingerprint density at radius 2 is 2.17 bits per heavy atom. The molecule has 0 aliphatic carbocycles. The van der Waals surface area contributed by atoms with Crippen molar-refractivity contribution in [1.29, 1.82) is 0 Å². The summed E-state index contributed by atoms with van der Waals surface area (Å²) in [6.45, 7) is 2.70. The van der Waals surface area contributed by atoms with Crippen molar-refractivity contribution in [3.8, 4) is 5.75 Å². The van der Waals surface area contributed by atoms with Gasteiger partial charge in [0.15, 0.2) is 6.10 Å². The summed E-state index contributed by atoms with van der Waals surface area (Å²) in [4.78, 5) is 12.4. The van der Waals surface area contributed by atoms with Gasteiger partial charge in [0.2, 0.25) is 10.0 Å². The van der Waals surface area contributed by atoms with Crippen LogP contribution < -0.4 is 14.4 Å². The van der Waals surface area contributed by atoms with Crippen molar-refractivity contribution in [3.05, 3.63) is 24.3 Å². The lowest BCUT2D eigenvalue weighted by Gasteiger charge is -2.34. The minimum atomic E-state index is -3.48. The number of hydrogen-bond acceptors (Lipinski definition) is 5. The van der Waals surface area contributed by atoms with Gasteiger partial charge in [0.05, 0.1) is 24.1 Å². The molecule has 1 aromatic rings. The van der Waals surface area contributed by atoms with Crippen LogP contribution >= 0.6 is 0 Å². The number of ether oxygens (including phenoxy) is 2. The highest BCUT2D eigenvalue weighted by Crippen LogP contribution is 2.35. The van der Waals surface area contributed by atoms with Crippen LogP contribution in [0.15, 0.2) is 24.3 Å². The van der Waals surface area contributed by atoms with Crippen LogP contribution in [-0.2, 0) is 19.6 Å². The molecule has 1 fully saturated rings. The quantitative estimate of drug-likeness (QED) is 0.849. The lowest BCUT2D eigenvalue weighted by Crippen LogP contribution is -2.51. The predicted molar refractivity (Wildman–Crippen MR) is 89.6 cm³/mol. The second kappa shape index (κ2) is 6.98. The summed E-state index contributed by atoms with van der Waals surface area (Å²) in [6, 6.07) is 6.86. The van der Waals surface area contributed by atoms with Crippen LogP contribution in [0.5, 0.6) is 5.75 Å². The van der Waals surface area contributed by atoms with Gasteiger partial charge in [-0.15, -0.1) is 0 Å². The molecule has 8 heteroatoms. The molecule has 2 heterocycles. The van der Waals surface area contributed by atoms with Crippen LogP contribution in [0.25, 0.3) is 0 Å². The third-order valence-electron chi connectivity index (χ3n) is 4.26. The molecule has 0 saturated carbocycles. The molecule has 24 heavy (non-hydrogen) atoms. The van der Waals surface area contributed by atoms with Crippen LogP contribution in [-0.4, -0.2) is 52.0 Å². The van der Waals surface area contributed by atoms with E-state index in [1.54, 1.807) is 31.2 Å². The Morgan fingerprint density at radius 1 is 1.38 bits per heavy atom. The summed E-state index contributed by atoms with van der Waals surface area (Å²) in [7, 11) is -3.48. The summed E-state index contributed by atoms with van der Waals surface area (Å²) in [5, 5.41) is 2.80. The van der Waals surface area contributed by atoms with Crippen molar-refractivity contribution in [3.63, 3.8) is 0 Å². The molecule has 0 bridgehead atoms. The van der Waals surface area contributed by atoms with Crippen molar-refractivity contribution in [2.75, 3.05) is 29.8 Å². The Bertz CT molecular complexity index is 700. The van der Waals surface area contributed by atoms with Gasteiger partial charge in [-0.3, -0.25) is 9.10 Å². The number of hydrogen-bond donors (Lipinski definition) is 1. The largest absolute Gasteiger partial charge is 0.476 e. The molecule has 0 unspecified atom stereocenters. The van der Waals surface area contributed by atoms with Gasteiger partial charge in [-0.2, -0.15) is 0 Å². The fourth-order valence-corrected chi connectivity index (χ4v) is 4.02. The molecule has 2 aliphatic heterocycles. The van der Waals surface area contributed by atoms with Gasteiger partial charge >= 0.3 is 0 Å². The molecule has 2 atom stereocenters. The SMILES string of the molecule is CCS(=O)(=O)N1C[C@H](C(=O)NC[C@@H]2CCCO2)Oc2ccccc21. The molecule has 0 spiro atoms. The van der Waals surface area contributed by atoms with E-state index in [4.69, 9.17) is 9.47 Å². The zero-order chi connectivity index (χ0) is 17.2. The maximum atomic E-state index is 12.4. The van der Waals surface area contributed by atoms with Gasteiger partial charge in [-0.05, 0) is 31.9 Å². The second-order valence-electron chi connectivity index (χ2n) is 5.89. The van der Waals surface area contributed by atoms with Crippen LogP contribution in [0, 0.1) is 0 Å². The molecular weight excluding hydrogens is 332 g/mol. The maximum Gasteiger partial charge on any atom is 0.263 e. The first kappa shape index (κ1) is 17.0. The van der Waals surface area contributed by atoms with Gasteiger partial charge < -0.3 is 14.8 Å². The number of sulfonamides is 1. The van der Waals surface area contributed by atoms with E-state index in [1.165, 1.54) is 4.31 Å². The minimum Gasteiger partial charge on any atom is -0.476 e. The van der Waals surface area contributed by atoms with Gasteiger partial charge in [0.1, 0.15) is 5.75 Å². The van der Waals surface area contributed by atoms with Gasteiger partial charge in [-0.1, -0.05) is 12.1 Å². The lowest BCUT2D eigenvalue weighted by molar-refractivity contribution is -0.128. The lowest BCUT2D eigenvalue weighted by atomic mass is 10.2. The zero-order valence-corrected chi connectivity index (χ0v) is 14.4.